The zero-order chi connectivity index (χ0) is 21.5. The zero-order valence-electron chi connectivity index (χ0n) is 17.7. The number of anilines is 2. The van der Waals surface area contributed by atoms with Gasteiger partial charge in [0.2, 0.25) is 0 Å². The lowest BCUT2D eigenvalue weighted by atomic mass is 9.90. The van der Waals surface area contributed by atoms with Crippen LogP contribution in [0.4, 0.5) is 15.8 Å². The Morgan fingerprint density at radius 2 is 1.97 bits per heavy atom. The van der Waals surface area contributed by atoms with E-state index >= 15 is 0 Å². The van der Waals surface area contributed by atoms with Gasteiger partial charge in [0.25, 0.3) is 0 Å². The number of fused-ring (bicyclic) bond motifs is 1. The van der Waals surface area contributed by atoms with Gasteiger partial charge < -0.3 is 20.7 Å². The molecule has 5 rings (SSSR count). The number of aryl methyl sites for hydroxylation is 1. The molecule has 160 valence electrons. The van der Waals surface area contributed by atoms with E-state index in [4.69, 9.17) is 10.5 Å². The van der Waals surface area contributed by atoms with E-state index in [2.05, 4.69) is 26.5 Å². The standard InChI is InChI=1S/C24H26FN5O/c1-14-9-15(11-16(25)10-14)20-13-27-29-23(24(20)30-7-5-17(26)6-8-30)22-19-4-3-18(31-2)12-21(19)28-22/h3-4,9-13,17,22,28H,5-8,26H2,1-2H3. The largest absolute Gasteiger partial charge is 0.497 e. The number of aromatic nitrogens is 2. The number of methoxy groups -OCH3 is 1. The fraction of sp³-hybridized carbons (Fsp3) is 0.333. The van der Waals surface area contributed by atoms with Crippen LogP contribution in [0.2, 0.25) is 0 Å². The molecular weight excluding hydrogens is 393 g/mol. The number of halogens is 1. The summed E-state index contributed by atoms with van der Waals surface area (Å²) in [5, 5.41) is 12.4. The molecule has 6 nitrogen and oxygen atoms in total. The van der Waals surface area contributed by atoms with E-state index in [9.17, 15) is 4.39 Å². The van der Waals surface area contributed by atoms with Crippen molar-refractivity contribution in [2.75, 3.05) is 30.4 Å². The summed E-state index contributed by atoms with van der Waals surface area (Å²) in [6.45, 7) is 3.57. The minimum absolute atomic E-state index is 0.0754. The molecule has 2 aliphatic heterocycles. The molecule has 7 heteroatoms. The molecule has 3 aromatic rings. The van der Waals surface area contributed by atoms with Crippen molar-refractivity contribution in [2.45, 2.75) is 31.8 Å². The van der Waals surface area contributed by atoms with Gasteiger partial charge >= 0.3 is 0 Å². The number of nitrogens with zero attached hydrogens (tertiary/aromatic N) is 3. The van der Waals surface area contributed by atoms with E-state index in [-0.39, 0.29) is 17.9 Å². The fourth-order valence-electron chi connectivity index (χ4n) is 4.56. The molecule has 1 aromatic heterocycles. The Morgan fingerprint density at radius 1 is 1.16 bits per heavy atom. The number of nitrogens with one attached hydrogen (secondary N) is 1. The lowest BCUT2D eigenvalue weighted by molar-refractivity contribution is 0.414. The number of rotatable bonds is 4. The SMILES string of the molecule is COc1ccc2c(c1)NC2c1nncc(-c2cc(C)cc(F)c2)c1N1CCC(N)CC1. The van der Waals surface area contributed by atoms with Gasteiger partial charge in [0.05, 0.1) is 19.0 Å². The summed E-state index contributed by atoms with van der Waals surface area (Å²) in [6, 6.07) is 11.2. The van der Waals surface area contributed by atoms with E-state index in [1.807, 2.05) is 25.1 Å². The van der Waals surface area contributed by atoms with Gasteiger partial charge in [-0.3, -0.25) is 0 Å². The minimum Gasteiger partial charge on any atom is -0.497 e. The lowest BCUT2D eigenvalue weighted by Crippen LogP contribution is -2.41. The molecule has 0 radical (unpaired) electrons. The van der Waals surface area contributed by atoms with E-state index < -0.39 is 0 Å². The molecule has 1 unspecified atom stereocenters. The number of nitrogens with two attached hydrogens (primary N) is 1. The van der Waals surface area contributed by atoms with Crippen LogP contribution in [-0.2, 0) is 0 Å². The van der Waals surface area contributed by atoms with Gasteiger partial charge in [-0.1, -0.05) is 12.1 Å². The zero-order valence-corrected chi connectivity index (χ0v) is 17.7. The maximum absolute atomic E-state index is 14.3. The number of hydrogen-bond acceptors (Lipinski definition) is 6. The van der Waals surface area contributed by atoms with Crippen LogP contribution in [0.3, 0.4) is 0 Å². The average molecular weight is 420 g/mol. The van der Waals surface area contributed by atoms with Crippen molar-refractivity contribution < 1.29 is 9.13 Å². The van der Waals surface area contributed by atoms with Crippen LogP contribution in [0, 0.1) is 12.7 Å². The highest BCUT2D eigenvalue weighted by Gasteiger charge is 2.34. The molecule has 0 saturated carbocycles. The molecule has 1 fully saturated rings. The second kappa shape index (κ2) is 7.81. The Morgan fingerprint density at radius 3 is 2.68 bits per heavy atom. The number of piperidine rings is 1. The number of ether oxygens (including phenoxy) is 1. The molecule has 1 saturated heterocycles. The minimum atomic E-state index is -0.251. The quantitative estimate of drug-likeness (QED) is 0.665. The lowest BCUT2D eigenvalue weighted by Gasteiger charge is -2.38. The van der Waals surface area contributed by atoms with Crippen LogP contribution in [0.15, 0.2) is 42.6 Å². The third-order valence-corrected chi connectivity index (χ3v) is 6.20. The monoisotopic (exact) mass is 419 g/mol. The molecule has 0 spiro atoms. The first-order chi connectivity index (χ1) is 15.0. The van der Waals surface area contributed by atoms with Crippen LogP contribution in [0.5, 0.6) is 5.75 Å². The predicted molar refractivity (Wildman–Crippen MR) is 120 cm³/mol. The second-order valence-electron chi connectivity index (χ2n) is 8.36. The van der Waals surface area contributed by atoms with Crippen molar-refractivity contribution in [3.63, 3.8) is 0 Å². The van der Waals surface area contributed by atoms with Crippen molar-refractivity contribution in [2.24, 2.45) is 5.73 Å². The highest BCUT2D eigenvalue weighted by Crippen LogP contribution is 2.46. The van der Waals surface area contributed by atoms with Gasteiger partial charge in [0, 0.05) is 42.0 Å². The summed E-state index contributed by atoms with van der Waals surface area (Å²) in [6.07, 6.45) is 3.57. The first-order valence-electron chi connectivity index (χ1n) is 10.6. The molecule has 1 atom stereocenters. The van der Waals surface area contributed by atoms with Crippen LogP contribution < -0.4 is 20.7 Å². The molecule has 2 aliphatic rings. The summed E-state index contributed by atoms with van der Waals surface area (Å²) in [4.78, 5) is 2.33. The number of hydrogen-bond donors (Lipinski definition) is 2. The summed E-state index contributed by atoms with van der Waals surface area (Å²) in [5.74, 6) is 0.559. The van der Waals surface area contributed by atoms with Crippen molar-refractivity contribution >= 4 is 11.4 Å². The van der Waals surface area contributed by atoms with Gasteiger partial charge in [0.15, 0.2) is 0 Å². The maximum atomic E-state index is 14.3. The van der Waals surface area contributed by atoms with Gasteiger partial charge in [-0.05, 0) is 49.1 Å². The Bertz CT molecular complexity index is 1110. The smallest absolute Gasteiger partial charge is 0.124 e. The van der Waals surface area contributed by atoms with Crippen LogP contribution >= 0.6 is 0 Å². The molecule has 31 heavy (non-hydrogen) atoms. The van der Waals surface area contributed by atoms with E-state index in [1.54, 1.807) is 19.4 Å². The van der Waals surface area contributed by atoms with Gasteiger partial charge in [-0.25, -0.2) is 4.39 Å². The second-order valence-corrected chi connectivity index (χ2v) is 8.36. The molecule has 3 heterocycles. The molecule has 0 amide bonds. The predicted octanol–water partition coefficient (Wildman–Crippen LogP) is 4.04. The molecule has 0 aliphatic carbocycles. The molecule has 3 N–H and O–H groups in total. The summed E-state index contributed by atoms with van der Waals surface area (Å²) in [7, 11) is 1.66. The fourth-order valence-corrected chi connectivity index (χ4v) is 4.56. The van der Waals surface area contributed by atoms with E-state index in [1.165, 1.54) is 6.07 Å². The van der Waals surface area contributed by atoms with Gasteiger partial charge in [-0.2, -0.15) is 10.2 Å². The van der Waals surface area contributed by atoms with Crippen molar-refractivity contribution in [1.29, 1.82) is 0 Å². The first kappa shape index (κ1) is 19.8. The van der Waals surface area contributed by atoms with Crippen LogP contribution in [0.1, 0.15) is 35.7 Å². The first-order valence-corrected chi connectivity index (χ1v) is 10.6. The van der Waals surface area contributed by atoms with Crippen LogP contribution in [0.25, 0.3) is 11.1 Å². The average Bonchev–Trinajstić information content (AvgIpc) is 2.74. The van der Waals surface area contributed by atoms with Gasteiger partial charge in [-0.15, -0.1) is 0 Å². The Hall–Kier alpha value is -3.19. The normalized spacial score (nSPS) is 18.2. The summed E-state index contributed by atoms with van der Waals surface area (Å²) < 4.78 is 19.6. The maximum Gasteiger partial charge on any atom is 0.124 e. The molecule has 2 aromatic carbocycles. The highest BCUT2D eigenvalue weighted by molar-refractivity contribution is 5.82. The molecule has 0 bridgehead atoms. The Labute approximate surface area is 181 Å². The van der Waals surface area contributed by atoms with Crippen molar-refractivity contribution in [1.82, 2.24) is 10.2 Å². The summed E-state index contributed by atoms with van der Waals surface area (Å²) in [5.41, 5.74) is 12.8. The molecular formula is C24H26FN5O. The van der Waals surface area contributed by atoms with E-state index in [0.717, 1.165) is 71.0 Å². The van der Waals surface area contributed by atoms with E-state index in [0.29, 0.717) is 0 Å². The third-order valence-electron chi connectivity index (χ3n) is 6.20. The van der Waals surface area contributed by atoms with Crippen molar-refractivity contribution in [3.05, 3.63) is 65.2 Å². The summed E-state index contributed by atoms with van der Waals surface area (Å²) >= 11 is 0. The van der Waals surface area contributed by atoms with Gasteiger partial charge in [0.1, 0.15) is 23.3 Å². The Balaban J connectivity index is 1.63. The highest BCUT2D eigenvalue weighted by atomic mass is 19.1. The topological polar surface area (TPSA) is 76.3 Å². The van der Waals surface area contributed by atoms with Crippen molar-refractivity contribution in [3.8, 4) is 16.9 Å². The number of benzene rings is 2. The Kier molecular flexibility index (Phi) is 4.98. The third kappa shape index (κ3) is 3.59. The van der Waals surface area contributed by atoms with Crippen LogP contribution in [-0.4, -0.2) is 36.4 Å².